The zero-order valence-corrected chi connectivity index (χ0v) is 15.3. The van der Waals surface area contributed by atoms with Crippen LogP contribution in [0.5, 0.6) is 0 Å². The van der Waals surface area contributed by atoms with Crippen molar-refractivity contribution in [2.75, 3.05) is 0 Å². The molecular weight excluding hydrogens is 358 g/mol. The number of fused-ring (bicyclic) bond motifs is 1. The van der Waals surface area contributed by atoms with Gasteiger partial charge in [-0.2, -0.15) is 0 Å². The number of halogens is 1. The molecule has 1 amide bonds. The lowest BCUT2D eigenvalue weighted by Gasteiger charge is -2.17. The normalized spacial score (nSPS) is 11.0. The standard InChI is InChI=1S/C22H18ClN3O/c23-18-11-12-26-15-19(25-20(26)13-18)14-24-22(27)21(16-7-3-1-4-8-16)17-9-5-2-6-10-17/h1-13,15,21H,14H2,(H,24,27). The minimum absolute atomic E-state index is 0.0533. The van der Waals surface area contributed by atoms with Crippen LogP contribution in [-0.2, 0) is 11.3 Å². The number of nitrogens with one attached hydrogen (secondary N) is 1. The fourth-order valence-electron chi connectivity index (χ4n) is 3.16. The van der Waals surface area contributed by atoms with Crippen LogP contribution < -0.4 is 5.32 Å². The molecule has 0 fully saturated rings. The lowest BCUT2D eigenvalue weighted by Crippen LogP contribution is -2.29. The molecule has 2 aromatic heterocycles. The van der Waals surface area contributed by atoms with Crippen LogP contribution in [0.4, 0.5) is 0 Å². The van der Waals surface area contributed by atoms with Gasteiger partial charge in [-0.3, -0.25) is 4.79 Å². The summed E-state index contributed by atoms with van der Waals surface area (Å²) in [5.41, 5.74) is 3.46. The van der Waals surface area contributed by atoms with E-state index in [2.05, 4.69) is 10.3 Å². The third kappa shape index (κ3) is 3.86. The maximum atomic E-state index is 13.0. The molecule has 27 heavy (non-hydrogen) atoms. The maximum Gasteiger partial charge on any atom is 0.232 e. The van der Waals surface area contributed by atoms with Crippen molar-refractivity contribution in [3.05, 3.63) is 107 Å². The van der Waals surface area contributed by atoms with Gasteiger partial charge in [0, 0.05) is 17.4 Å². The van der Waals surface area contributed by atoms with Crippen LogP contribution in [0.2, 0.25) is 5.02 Å². The first-order valence-electron chi connectivity index (χ1n) is 8.71. The number of hydrogen-bond donors (Lipinski definition) is 1. The highest BCUT2D eigenvalue weighted by Crippen LogP contribution is 2.24. The van der Waals surface area contributed by atoms with E-state index in [0.29, 0.717) is 11.6 Å². The van der Waals surface area contributed by atoms with E-state index in [0.717, 1.165) is 22.5 Å². The molecule has 0 atom stereocenters. The van der Waals surface area contributed by atoms with Crippen LogP contribution in [-0.4, -0.2) is 15.3 Å². The molecule has 134 valence electrons. The molecule has 0 radical (unpaired) electrons. The lowest BCUT2D eigenvalue weighted by atomic mass is 9.90. The highest BCUT2D eigenvalue weighted by Gasteiger charge is 2.22. The highest BCUT2D eigenvalue weighted by atomic mass is 35.5. The Bertz CT molecular complexity index is 1020. The van der Waals surface area contributed by atoms with Crippen molar-refractivity contribution in [3.63, 3.8) is 0 Å². The van der Waals surface area contributed by atoms with Crippen LogP contribution in [0.25, 0.3) is 5.65 Å². The van der Waals surface area contributed by atoms with Gasteiger partial charge in [-0.25, -0.2) is 4.98 Å². The summed E-state index contributed by atoms with van der Waals surface area (Å²) in [6.45, 7) is 0.355. The number of imidazole rings is 1. The molecule has 0 saturated heterocycles. The van der Waals surface area contributed by atoms with Crippen molar-refractivity contribution in [3.8, 4) is 0 Å². The first kappa shape index (κ1) is 17.3. The largest absolute Gasteiger partial charge is 0.350 e. The van der Waals surface area contributed by atoms with E-state index in [1.807, 2.05) is 77.5 Å². The number of hydrogen-bond acceptors (Lipinski definition) is 2. The van der Waals surface area contributed by atoms with Gasteiger partial charge < -0.3 is 9.72 Å². The number of aromatic nitrogens is 2. The van der Waals surface area contributed by atoms with E-state index < -0.39 is 0 Å². The summed E-state index contributed by atoms with van der Waals surface area (Å²) >= 11 is 6.01. The molecule has 0 saturated carbocycles. The molecule has 4 aromatic rings. The van der Waals surface area contributed by atoms with Crippen LogP contribution in [0.15, 0.2) is 85.2 Å². The van der Waals surface area contributed by atoms with Crippen molar-refractivity contribution in [2.24, 2.45) is 0 Å². The second-order valence-corrected chi connectivity index (χ2v) is 6.75. The number of rotatable bonds is 5. The number of pyridine rings is 1. The quantitative estimate of drug-likeness (QED) is 0.560. The van der Waals surface area contributed by atoms with Crippen molar-refractivity contribution < 1.29 is 4.79 Å². The first-order valence-corrected chi connectivity index (χ1v) is 9.09. The van der Waals surface area contributed by atoms with E-state index in [9.17, 15) is 4.79 Å². The molecule has 0 spiro atoms. The fourth-order valence-corrected chi connectivity index (χ4v) is 3.31. The van der Waals surface area contributed by atoms with Gasteiger partial charge in [0.2, 0.25) is 5.91 Å². The number of carbonyl (C=O) groups excluding carboxylic acids is 1. The van der Waals surface area contributed by atoms with Gasteiger partial charge in [-0.1, -0.05) is 72.3 Å². The molecule has 0 aliphatic rings. The average Bonchev–Trinajstić information content (AvgIpc) is 3.10. The van der Waals surface area contributed by atoms with Gasteiger partial charge in [-0.05, 0) is 23.3 Å². The Labute approximate surface area is 162 Å². The van der Waals surface area contributed by atoms with E-state index in [1.165, 1.54) is 0 Å². The molecule has 2 aromatic carbocycles. The van der Waals surface area contributed by atoms with E-state index in [4.69, 9.17) is 11.6 Å². The van der Waals surface area contributed by atoms with Crippen LogP contribution in [0, 0.1) is 0 Å². The van der Waals surface area contributed by atoms with E-state index in [1.54, 1.807) is 12.1 Å². The SMILES string of the molecule is O=C(NCc1cn2ccc(Cl)cc2n1)C(c1ccccc1)c1ccccc1. The minimum atomic E-state index is -0.362. The fraction of sp³-hybridized carbons (Fsp3) is 0.0909. The summed E-state index contributed by atoms with van der Waals surface area (Å²) in [6.07, 6.45) is 3.75. The Morgan fingerprint density at radius 3 is 2.26 bits per heavy atom. The summed E-state index contributed by atoms with van der Waals surface area (Å²) < 4.78 is 1.89. The Morgan fingerprint density at radius 1 is 1.00 bits per heavy atom. The third-order valence-electron chi connectivity index (χ3n) is 4.44. The van der Waals surface area contributed by atoms with Crippen molar-refractivity contribution in [1.29, 1.82) is 0 Å². The molecule has 0 aliphatic carbocycles. The molecule has 0 aliphatic heterocycles. The molecule has 4 rings (SSSR count). The molecule has 4 nitrogen and oxygen atoms in total. The zero-order valence-electron chi connectivity index (χ0n) is 14.5. The molecule has 0 unspecified atom stereocenters. The van der Waals surface area contributed by atoms with Gasteiger partial charge in [0.25, 0.3) is 0 Å². The Kier molecular flexibility index (Phi) is 4.90. The molecular formula is C22H18ClN3O. The second kappa shape index (κ2) is 7.64. The summed E-state index contributed by atoms with van der Waals surface area (Å²) in [4.78, 5) is 17.5. The van der Waals surface area contributed by atoms with Gasteiger partial charge in [0.05, 0.1) is 18.2 Å². The first-order chi connectivity index (χ1) is 13.2. The number of nitrogens with zero attached hydrogens (tertiary/aromatic N) is 2. The number of benzene rings is 2. The number of amides is 1. The van der Waals surface area contributed by atoms with E-state index >= 15 is 0 Å². The summed E-state index contributed by atoms with van der Waals surface area (Å²) in [5.74, 6) is -0.415. The molecule has 5 heteroatoms. The Morgan fingerprint density at radius 2 is 1.63 bits per heavy atom. The summed E-state index contributed by atoms with van der Waals surface area (Å²) in [5, 5.41) is 3.66. The molecule has 2 heterocycles. The highest BCUT2D eigenvalue weighted by molar-refractivity contribution is 6.30. The lowest BCUT2D eigenvalue weighted by molar-refractivity contribution is -0.121. The van der Waals surface area contributed by atoms with Gasteiger partial charge >= 0.3 is 0 Å². The van der Waals surface area contributed by atoms with Gasteiger partial charge in [0.15, 0.2) is 0 Å². The maximum absolute atomic E-state index is 13.0. The predicted molar refractivity (Wildman–Crippen MR) is 107 cm³/mol. The van der Waals surface area contributed by atoms with Crippen molar-refractivity contribution in [1.82, 2.24) is 14.7 Å². The van der Waals surface area contributed by atoms with E-state index in [-0.39, 0.29) is 11.8 Å². The Hall–Kier alpha value is -3.11. The second-order valence-electron chi connectivity index (χ2n) is 6.31. The van der Waals surface area contributed by atoms with Gasteiger partial charge in [0.1, 0.15) is 5.65 Å². The Balaban J connectivity index is 1.56. The molecule has 0 bridgehead atoms. The molecule has 1 N–H and O–H groups in total. The minimum Gasteiger partial charge on any atom is -0.350 e. The smallest absolute Gasteiger partial charge is 0.232 e. The predicted octanol–water partition coefficient (Wildman–Crippen LogP) is 4.44. The van der Waals surface area contributed by atoms with Crippen molar-refractivity contribution >= 4 is 23.2 Å². The van der Waals surface area contributed by atoms with Crippen LogP contribution in [0.3, 0.4) is 0 Å². The average molecular weight is 376 g/mol. The van der Waals surface area contributed by atoms with Gasteiger partial charge in [-0.15, -0.1) is 0 Å². The van der Waals surface area contributed by atoms with Crippen molar-refractivity contribution in [2.45, 2.75) is 12.5 Å². The third-order valence-corrected chi connectivity index (χ3v) is 4.68. The number of carbonyl (C=O) groups is 1. The summed E-state index contributed by atoms with van der Waals surface area (Å²) in [6, 6.07) is 23.2. The summed E-state index contributed by atoms with van der Waals surface area (Å²) in [7, 11) is 0. The monoisotopic (exact) mass is 375 g/mol. The van der Waals surface area contributed by atoms with Crippen LogP contribution in [0.1, 0.15) is 22.7 Å². The topological polar surface area (TPSA) is 46.4 Å². The zero-order chi connectivity index (χ0) is 18.6. The van der Waals surface area contributed by atoms with Crippen LogP contribution >= 0.6 is 11.6 Å².